The largest absolute Gasteiger partial charge is 0.354 e. The highest BCUT2D eigenvalue weighted by Crippen LogP contribution is 2.31. The van der Waals surface area contributed by atoms with Gasteiger partial charge in [-0.2, -0.15) is 0 Å². The molecule has 0 aromatic rings. The van der Waals surface area contributed by atoms with Gasteiger partial charge in [-0.1, -0.05) is 180 Å². The molecule has 13 heteroatoms. The zero-order valence-corrected chi connectivity index (χ0v) is 62.5. The number of rotatable bonds is 30. The number of amides is 3. The van der Waals surface area contributed by atoms with Gasteiger partial charge in [-0.15, -0.1) is 0 Å². The zero-order chi connectivity index (χ0) is 67.5. The molecule has 0 unspecified atom stereocenters. The second-order valence-electron chi connectivity index (χ2n) is 29.7. The summed E-state index contributed by atoms with van der Waals surface area (Å²) in [5, 5.41) is 2.97. The second kappa shape index (κ2) is 46.5. The summed E-state index contributed by atoms with van der Waals surface area (Å²) < 4.78 is 22.7. The molecule has 1 N–H and O–H groups in total. The van der Waals surface area contributed by atoms with Gasteiger partial charge in [-0.25, -0.2) is 8.42 Å². The van der Waals surface area contributed by atoms with Crippen LogP contribution in [0.5, 0.6) is 0 Å². The van der Waals surface area contributed by atoms with Crippen LogP contribution < -0.4 is 5.32 Å². The van der Waals surface area contributed by atoms with E-state index in [0.29, 0.717) is 94.9 Å². The fourth-order valence-corrected chi connectivity index (χ4v) is 14.0. The minimum Gasteiger partial charge on any atom is -0.354 e. The molecule has 3 amide bonds. The summed E-state index contributed by atoms with van der Waals surface area (Å²) in [4.78, 5) is 76.7. The third kappa shape index (κ3) is 44.4. The maximum absolute atomic E-state index is 12.3. The third-order valence-corrected chi connectivity index (χ3v) is 16.5. The lowest BCUT2D eigenvalue weighted by atomic mass is 9.76. The lowest BCUT2D eigenvalue weighted by molar-refractivity contribution is -0.138. The molecule has 0 fully saturated rings. The van der Waals surface area contributed by atoms with E-state index in [9.17, 15) is 37.2 Å². The molecule has 0 aromatic heterocycles. The Labute approximate surface area is 517 Å². The van der Waals surface area contributed by atoms with Gasteiger partial charge < -0.3 is 20.0 Å². The Balaban J connectivity index is -0.000000216. The summed E-state index contributed by atoms with van der Waals surface area (Å²) in [5.74, 6) is 7.87. The Morgan fingerprint density at radius 3 is 0.952 bits per heavy atom. The van der Waals surface area contributed by atoms with Crippen LogP contribution in [0.2, 0.25) is 0 Å². The third-order valence-electron chi connectivity index (χ3n) is 15.2. The van der Waals surface area contributed by atoms with Crippen molar-refractivity contribution in [3.8, 4) is 0 Å². The SMILES string of the molecule is CC(=O)C(C(C)C)C(C)C.CC(C)C(C(=O)CC(C)(C)CS(C)(=O)=O)C(C)C.CC(C)C(C(=O)CCCCN(C)C)C(C)C.CC(C)C(C(=O)N(C)C)C(C)C.CC(C)NC(=O)C(C(C)C)C(C)C.CCN(CC)C(=O)C(C(C)C)C(C)C. The lowest BCUT2D eigenvalue weighted by Crippen LogP contribution is -2.40. The molecule has 0 spiro atoms. The quantitative estimate of drug-likeness (QED) is 0.0691. The van der Waals surface area contributed by atoms with E-state index in [1.165, 1.54) is 6.26 Å². The minimum absolute atomic E-state index is 0.0174. The molecule has 0 aliphatic heterocycles. The van der Waals surface area contributed by atoms with Crippen molar-refractivity contribution in [1.29, 1.82) is 0 Å². The molecule has 498 valence electrons. The van der Waals surface area contributed by atoms with Crippen molar-refractivity contribution < 1.29 is 37.2 Å². The first-order chi connectivity index (χ1) is 37.4. The predicted octanol–water partition coefficient (Wildman–Crippen LogP) is 15.9. The molecule has 0 aromatic carbocycles. The highest BCUT2D eigenvalue weighted by molar-refractivity contribution is 7.90. The summed E-state index contributed by atoms with van der Waals surface area (Å²) in [5.41, 5.74) is -0.479. The monoisotopic (exact) mass is 1200 g/mol. The number of unbranched alkanes of at least 4 members (excludes halogenated alkanes) is 1. The van der Waals surface area contributed by atoms with Crippen LogP contribution in [0.1, 0.15) is 240 Å². The minimum atomic E-state index is -3.05. The van der Waals surface area contributed by atoms with Gasteiger partial charge in [-0.3, -0.25) is 28.8 Å². The Kier molecular flexibility index (Phi) is 51.2. The van der Waals surface area contributed by atoms with Crippen molar-refractivity contribution in [2.75, 3.05) is 59.8 Å². The second-order valence-corrected chi connectivity index (χ2v) is 31.8. The summed E-state index contributed by atoms with van der Waals surface area (Å²) in [7, 11) is 4.75. The summed E-state index contributed by atoms with van der Waals surface area (Å²) >= 11 is 0. The molecule has 0 bridgehead atoms. The maximum Gasteiger partial charge on any atom is 0.226 e. The van der Waals surface area contributed by atoms with Gasteiger partial charge in [0, 0.05) is 87.8 Å². The van der Waals surface area contributed by atoms with Crippen molar-refractivity contribution in [3.63, 3.8) is 0 Å². The molecule has 0 saturated heterocycles. The molecule has 0 atom stereocenters. The smallest absolute Gasteiger partial charge is 0.226 e. The topological polar surface area (TPSA) is 158 Å². The van der Waals surface area contributed by atoms with Crippen LogP contribution in [-0.2, 0) is 38.6 Å². The standard InChI is InChI=1S/C14H29NO.C14H28O3S.C12H25NO.C11H23NO.C10H21NO.C9H18O/c1-11(2)14(12(3)4)13(16)9-7-8-10-15(5)6;1-10(2)13(11(3)4)12(15)8-14(5,6)9-18(7,16)17;1-7-13(8-2)12(14)11(9(3)4)10(5)6;1-7(2)10(8(3)4)11(13)12-9(5)6;1-7(2)9(8(3)4)10(12)11(5)6;1-6(2)9(7(3)4)8(5)10/h11-12,14H,7-10H2,1-6H3;10-11,13H,8-9H2,1-7H3;9-11H,7-8H2,1-6H3;7-10H,1-6H3,(H,12,13);7-9H,1-6H3;6-7,9H,1-5H3. The zero-order valence-electron chi connectivity index (χ0n) is 61.6. The van der Waals surface area contributed by atoms with Crippen molar-refractivity contribution in [2.45, 2.75) is 246 Å². The van der Waals surface area contributed by atoms with Gasteiger partial charge in [0.25, 0.3) is 0 Å². The fourth-order valence-electron chi connectivity index (χ4n) is 12.5. The number of sulfone groups is 1. The van der Waals surface area contributed by atoms with Crippen molar-refractivity contribution in [3.05, 3.63) is 0 Å². The Hall–Kier alpha value is -2.67. The van der Waals surface area contributed by atoms with Gasteiger partial charge >= 0.3 is 0 Å². The fraction of sp³-hybridized carbons (Fsp3) is 0.914. The number of carbonyl (C=O) groups is 6. The van der Waals surface area contributed by atoms with Crippen LogP contribution in [0.25, 0.3) is 0 Å². The van der Waals surface area contributed by atoms with Crippen LogP contribution in [-0.4, -0.2) is 124 Å². The maximum atomic E-state index is 12.3. The number of nitrogens with one attached hydrogen (secondary N) is 1. The molecular weight excluding hydrogens is 1060 g/mol. The van der Waals surface area contributed by atoms with E-state index in [0.717, 1.165) is 38.9 Å². The number of Topliss-reactive ketones (excluding diaryl/α,β-unsaturated/α-hetero) is 3. The number of hydrogen-bond donors (Lipinski definition) is 1. The highest BCUT2D eigenvalue weighted by atomic mass is 32.2. The van der Waals surface area contributed by atoms with Crippen LogP contribution in [0, 0.1) is 112 Å². The van der Waals surface area contributed by atoms with Gasteiger partial charge in [0.05, 0.1) is 5.75 Å². The lowest BCUT2D eigenvalue weighted by Gasteiger charge is -2.30. The highest BCUT2D eigenvalue weighted by Gasteiger charge is 2.33. The normalized spacial score (nSPS) is 12.1. The first-order valence-corrected chi connectivity index (χ1v) is 34.6. The van der Waals surface area contributed by atoms with E-state index in [4.69, 9.17) is 0 Å². The number of ketones is 3. The molecule has 0 radical (unpaired) electrons. The van der Waals surface area contributed by atoms with E-state index in [1.54, 1.807) is 11.8 Å². The van der Waals surface area contributed by atoms with Crippen LogP contribution in [0.3, 0.4) is 0 Å². The Morgan fingerprint density at radius 2 is 0.735 bits per heavy atom. The van der Waals surface area contributed by atoms with Crippen molar-refractivity contribution in [2.24, 2.45) is 112 Å². The molecule has 0 heterocycles. The van der Waals surface area contributed by atoms with Crippen molar-refractivity contribution in [1.82, 2.24) is 20.0 Å². The summed E-state index contributed by atoms with van der Waals surface area (Å²) in [6.45, 7) is 66.8. The average molecular weight is 1200 g/mol. The van der Waals surface area contributed by atoms with E-state index >= 15 is 0 Å². The van der Waals surface area contributed by atoms with Crippen LogP contribution in [0.4, 0.5) is 0 Å². The number of carbonyl (C=O) groups excluding carboxylic acids is 6. The van der Waals surface area contributed by atoms with Gasteiger partial charge in [-0.05, 0) is 145 Å². The molecule has 12 nitrogen and oxygen atoms in total. The molecule has 0 saturated carbocycles. The number of hydrogen-bond acceptors (Lipinski definition) is 9. The van der Waals surface area contributed by atoms with E-state index in [1.807, 2.05) is 88.2 Å². The first kappa shape index (κ1) is 91.5. The molecule has 0 aliphatic carbocycles. The Morgan fingerprint density at radius 1 is 0.434 bits per heavy atom. The molecule has 0 aliphatic rings. The summed E-state index contributed by atoms with van der Waals surface area (Å²) in [6, 6.07) is 0.243. The predicted molar refractivity (Wildman–Crippen MR) is 360 cm³/mol. The Bertz CT molecular complexity index is 1790. The molecule has 83 heavy (non-hydrogen) atoms. The molecular formula is C70H144N4O8S. The van der Waals surface area contributed by atoms with Crippen LogP contribution in [0.15, 0.2) is 0 Å². The van der Waals surface area contributed by atoms with E-state index in [-0.39, 0.29) is 64.9 Å². The van der Waals surface area contributed by atoms with Gasteiger partial charge in [0.1, 0.15) is 27.2 Å². The molecule has 0 rings (SSSR count). The van der Waals surface area contributed by atoms with Gasteiger partial charge in [0.15, 0.2) is 0 Å². The number of nitrogens with zero attached hydrogens (tertiary/aromatic N) is 3. The average Bonchev–Trinajstić information content (AvgIpc) is 3.23. The van der Waals surface area contributed by atoms with Gasteiger partial charge in [0.2, 0.25) is 17.7 Å². The summed E-state index contributed by atoms with van der Waals surface area (Å²) in [6.07, 6.45) is 4.48. The van der Waals surface area contributed by atoms with Crippen molar-refractivity contribution >= 4 is 44.9 Å². The van der Waals surface area contributed by atoms with E-state index < -0.39 is 15.3 Å². The van der Waals surface area contributed by atoms with Crippen LogP contribution >= 0.6 is 0 Å². The van der Waals surface area contributed by atoms with E-state index in [2.05, 4.69) is 163 Å². The first-order valence-electron chi connectivity index (χ1n) is 32.6.